The van der Waals surface area contributed by atoms with E-state index in [9.17, 15) is 9.90 Å². The van der Waals surface area contributed by atoms with Gasteiger partial charge in [0.1, 0.15) is 0 Å². The molecule has 1 aromatic heterocycles. The lowest BCUT2D eigenvalue weighted by Crippen LogP contribution is -2.45. The molecule has 7 heteroatoms. The van der Waals surface area contributed by atoms with E-state index in [4.69, 9.17) is 4.74 Å². The molecule has 0 amide bonds. The summed E-state index contributed by atoms with van der Waals surface area (Å²) < 4.78 is 5.79. The molecule has 4 rings (SSSR count). The lowest BCUT2D eigenvalue weighted by Gasteiger charge is -2.46. The van der Waals surface area contributed by atoms with Gasteiger partial charge < -0.3 is 14.7 Å². The average molecular weight is 361 g/mol. The third-order valence-corrected chi connectivity index (χ3v) is 5.63. The molecule has 0 radical (unpaired) electrons. The van der Waals surface area contributed by atoms with Gasteiger partial charge in [0.15, 0.2) is 0 Å². The van der Waals surface area contributed by atoms with E-state index in [1.54, 1.807) is 18.8 Å². The number of hydrogen-bond donors (Lipinski definition) is 1. The molecule has 0 spiro atoms. The topological polar surface area (TPSA) is 75.0 Å². The predicted molar refractivity (Wildman–Crippen MR) is 99.3 cm³/mol. The van der Waals surface area contributed by atoms with Gasteiger partial charge in [-0.15, -0.1) is 11.3 Å². The lowest BCUT2D eigenvalue weighted by molar-refractivity contribution is -0.130. The first-order chi connectivity index (χ1) is 11.9. The van der Waals surface area contributed by atoms with Gasteiger partial charge in [-0.1, -0.05) is 18.2 Å². The Morgan fingerprint density at radius 1 is 1.56 bits per heavy atom. The SMILES string of the molecule is COC12C=CC(CC1)CC2/C=C(/C(=O)O)c1csc(N=CN(C)C)n1. The van der Waals surface area contributed by atoms with Gasteiger partial charge in [0.05, 0.1) is 23.2 Å². The largest absolute Gasteiger partial charge is 0.478 e. The van der Waals surface area contributed by atoms with Crippen LogP contribution in [0.15, 0.2) is 28.6 Å². The van der Waals surface area contributed by atoms with Crippen molar-refractivity contribution in [3.05, 3.63) is 29.3 Å². The Balaban J connectivity index is 1.90. The van der Waals surface area contributed by atoms with Gasteiger partial charge in [0.2, 0.25) is 5.13 Å². The first kappa shape index (κ1) is 17.8. The average Bonchev–Trinajstić information content (AvgIpc) is 3.07. The van der Waals surface area contributed by atoms with Crippen LogP contribution < -0.4 is 0 Å². The molecule has 0 saturated heterocycles. The number of allylic oxidation sites excluding steroid dienone is 1. The summed E-state index contributed by atoms with van der Waals surface area (Å²) in [5, 5.41) is 12.0. The van der Waals surface area contributed by atoms with Crippen LogP contribution in [0.4, 0.5) is 5.13 Å². The number of nitrogens with zero attached hydrogens (tertiary/aromatic N) is 3. The number of aromatic nitrogens is 1. The number of carboxylic acids is 1. The smallest absolute Gasteiger partial charge is 0.337 e. The second kappa shape index (κ2) is 7.09. The van der Waals surface area contributed by atoms with Crippen LogP contribution in [-0.2, 0) is 9.53 Å². The van der Waals surface area contributed by atoms with Gasteiger partial charge in [-0.3, -0.25) is 0 Å². The number of aliphatic carboxylic acids is 1. The Morgan fingerprint density at radius 2 is 2.36 bits per heavy atom. The highest BCUT2D eigenvalue weighted by atomic mass is 32.1. The van der Waals surface area contributed by atoms with E-state index in [0.717, 1.165) is 19.3 Å². The second-order valence-corrected chi connectivity index (χ2v) is 7.60. The molecular formula is C18H23N3O3S. The Bertz CT molecular complexity index is 738. The molecule has 3 atom stereocenters. The van der Waals surface area contributed by atoms with E-state index in [0.29, 0.717) is 16.7 Å². The van der Waals surface area contributed by atoms with Crippen molar-refractivity contribution in [2.45, 2.75) is 24.9 Å². The summed E-state index contributed by atoms with van der Waals surface area (Å²) in [6, 6.07) is 0. The lowest BCUT2D eigenvalue weighted by atomic mass is 9.65. The first-order valence-corrected chi connectivity index (χ1v) is 9.17. The van der Waals surface area contributed by atoms with Crippen molar-refractivity contribution < 1.29 is 14.6 Å². The highest BCUT2D eigenvalue weighted by Crippen LogP contribution is 2.47. The number of fused-ring (bicyclic) bond motifs is 2. The third kappa shape index (κ3) is 3.67. The van der Waals surface area contributed by atoms with Crippen LogP contribution in [-0.4, -0.2) is 54.1 Å². The Hall–Kier alpha value is -1.99. The number of carboxylic acid groups (broad SMARTS) is 1. The van der Waals surface area contributed by atoms with Crippen LogP contribution in [0.5, 0.6) is 0 Å². The van der Waals surface area contributed by atoms with Gasteiger partial charge in [-0.25, -0.2) is 14.8 Å². The third-order valence-electron chi connectivity index (χ3n) is 4.89. The van der Waals surface area contributed by atoms with E-state index in [-0.39, 0.29) is 11.5 Å². The van der Waals surface area contributed by atoms with Crippen LogP contribution in [0.1, 0.15) is 25.0 Å². The van der Waals surface area contributed by atoms with Crippen LogP contribution in [0, 0.1) is 11.8 Å². The first-order valence-electron chi connectivity index (χ1n) is 8.29. The van der Waals surface area contributed by atoms with Crippen molar-refractivity contribution >= 4 is 34.3 Å². The van der Waals surface area contributed by atoms with Crippen molar-refractivity contribution in [3.63, 3.8) is 0 Å². The monoisotopic (exact) mass is 361 g/mol. The zero-order valence-electron chi connectivity index (χ0n) is 14.7. The quantitative estimate of drug-likeness (QED) is 0.364. The minimum atomic E-state index is -0.967. The number of hydrogen-bond acceptors (Lipinski definition) is 5. The van der Waals surface area contributed by atoms with Gasteiger partial charge in [-0.2, -0.15) is 0 Å². The van der Waals surface area contributed by atoms with Gasteiger partial charge in [0.25, 0.3) is 0 Å². The highest BCUT2D eigenvalue weighted by molar-refractivity contribution is 7.13. The maximum absolute atomic E-state index is 11.8. The van der Waals surface area contributed by atoms with Crippen LogP contribution in [0.3, 0.4) is 0 Å². The zero-order chi connectivity index (χ0) is 18.0. The molecule has 1 fully saturated rings. The summed E-state index contributed by atoms with van der Waals surface area (Å²) in [6.45, 7) is 0. The molecule has 1 N–H and O–H groups in total. The molecule has 0 aromatic carbocycles. The number of methoxy groups -OCH3 is 1. The summed E-state index contributed by atoms with van der Waals surface area (Å²) in [7, 11) is 5.45. The number of ether oxygens (including phenoxy) is 1. The molecule has 3 aliphatic rings. The maximum Gasteiger partial charge on any atom is 0.337 e. The number of aliphatic imine (C=N–C) groups is 1. The molecule has 1 heterocycles. The number of thiazole rings is 1. The summed E-state index contributed by atoms with van der Waals surface area (Å²) in [5.74, 6) is -0.420. The summed E-state index contributed by atoms with van der Waals surface area (Å²) in [4.78, 5) is 22.2. The maximum atomic E-state index is 11.8. The summed E-state index contributed by atoms with van der Waals surface area (Å²) in [6.07, 6.45) is 10.7. The van der Waals surface area contributed by atoms with Crippen molar-refractivity contribution in [3.8, 4) is 0 Å². The molecule has 3 aliphatic carbocycles. The number of carbonyl (C=O) groups is 1. The van der Waals surface area contributed by atoms with E-state index in [1.165, 1.54) is 11.3 Å². The fourth-order valence-corrected chi connectivity index (χ4v) is 4.19. The minimum Gasteiger partial charge on any atom is -0.478 e. The molecule has 1 saturated carbocycles. The predicted octanol–water partition coefficient (Wildman–Crippen LogP) is 3.20. The van der Waals surface area contributed by atoms with Gasteiger partial charge in [-0.05, 0) is 25.2 Å². The Kier molecular flexibility index (Phi) is 5.06. The zero-order valence-corrected chi connectivity index (χ0v) is 15.5. The minimum absolute atomic E-state index is 0.0442. The van der Waals surface area contributed by atoms with E-state index >= 15 is 0 Å². The standard InChI is InChI=1S/C18H23N3O3S/c1-21(2)11-19-17-20-15(10-25-17)14(16(22)23)9-13-8-12-4-6-18(13,24-3)7-5-12/h4,6,9-13H,5,7-8H2,1-3H3,(H,22,23)/b14-9+,19-11?. The fourth-order valence-electron chi connectivity index (χ4n) is 3.53. The van der Waals surface area contributed by atoms with E-state index < -0.39 is 11.6 Å². The Labute approximate surface area is 151 Å². The normalized spacial score (nSPS) is 28.7. The number of rotatable bonds is 6. The molecule has 3 unspecified atom stereocenters. The van der Waals surface area contributed by atoms with Crippen molar-refractivity contribution in [2.24, 2.45) is 16.8 Å². The molecule has 134 valence electrons. The van der Waals surface area contributed by atoms with Crippen LogP contribution in [0.2, 0.25) is 0 Å². The fraction of sp³-hybridized carbons (Fsp3) is 0.500. The van der Waals surface area contributed by atoms with E-state index in [1.807, 2.05) is 25.1 Å². The van der Waals surface area contributed by atoms with Crippen molar-refractivity contribution in [1.82, 2.24) is 9.88 Å². The molecular weight excluding hydrogens is 338 g/mol. The van der Waals surface area contributed by atoms with Crippen molar-refractivity contribution in [1.29, 1.82) is 0 Å². The molecule has 0 aliphatic heterocycles. The molecule has 25 heavy (non-hydrogen) atoms. The van der Waals surface area contributed by atoms with E-state index in [2.05, 4.69) is 22.1 Å². The highest BCUT2D eigenvalue weighted by Gasteiger charge is 2.44. The molecule has 1 aromatic rings. The second-order valence-electron chi connectivity index (χ2n) is 6.77. The molecule has 2 bridgehead atoms. The van der Waals surface area contributed by atoms with Gasteiger partial charge >= 0.3 is 5.97 Å². The summed E-state index contributed by atoms with van der Waals surface area (Å²) in [5.41, 5.74) is 0.294. The molecule has 6 nitrogen and oxygen atoms in total. The van der Waals surface area contributed by atoms with Crippen LogP contribution >= 0.6 is 11.3 Å². The van der Waals surface area contributed by atoms with Crippen molar-refractivity contribution in [2.75, 3.05) is 21.2 Å². The van der Waals surface area contributed by atoms with Crippen LogP contribution in [0.25, 0.3) is 5.57 Å². The Morgan fingerprint density at radius 3 is 2.96 bits per heavy atom. The van der Waals surface area contributed by atoms with Gasteiger partial charge in [0, 0.05) is 32.5 Å². The summed E-state index contributed by atoms with van der Waals surface area (Å²) >= 11 is 1.33.